The molecule has 1 aliphatic heterocycles. The summed E-state index contributed by atoms with van der Waals surface area (Å²) in [6.07, 6.45) is 7.96. The van der Waals surface area contributed by atoms with Gasteiger partial charge in [0.05, 0.1) is 17.3 Å². The van der Waals surface area contributed by atoms with Gasteiger partial charge in [0.15, 0.2) is 5.82 Å². The zero-order chi connectivity index (χ0) is 20.8. The molecule has 29 heavy (non-hydrogen) atoms. The van der Waals surface area contributed by atoms with Crippen molar-refractivity contribution in [3.05, 3.63) is 34.4 Å². The summed E-state index contributed by atoms with van der Waals surface area (Å²) in [6, 6.07) is 1.91. The van der Waals surface area contributed by atoms with Gasteiger partial charge in [0.1, 0.15) is 5.69 Å². The highest BCUT2D eigenvalue weighted by Gasteiger charge is 2.41. The van der Waals surface area contributed by atoms with Crippen LogP contribution in [0.5, 0.6) is 0 Å². The molecule has 1 fully saturated rings. The van der Waals surface area contributed by atoms with Gasteiger partial charge in [0.25, 0.3) is 0 Å². The summed E-state index contributed by atoms with van der Waals surface area (Å²) in [5.41, 5.74) is 1.63. The lowest BCUT2D eigenvalue weighted by atomic mass is 9.91. The molecule has 0 radical (unpaired) electrons. The number of H-pyrrole nitrogens is 1. The van der Waals surface area contributed by atoms with E-state index in [-0.39, 0.29) is 11.5 Å². The van der Waals surface area contributed by atoms with Crippen molar-refractivity contribution < 1.29 is 4.79 Å². The Balaban J connectivity index is 1.76. The molecule has 0 unspecified atom stereocenters. The minimum Gasteiger partial charge on any atom is -0.351 e. The van der Waals surface area contributed by atoms with Crippen LogP contribution in [-0.2, 0) is 4.79 Å². The predicted octanol–water partition coefficient (Wildman–Crippen LogP) is 2.97. The molecule has 2 aromatic rings. The van der Waals surface area contributed by atoms with Crippen LogP contribution in [-0.4, -0.2) is 40.5 Å². The normalized spacial score (nSPS) is 19.2. The Kier molecular flexibility index (Phi) is 4.80. The van der Waals surface area contributed by atoms with E-state index in [1.54, 1.807) is 24.3 Å². The first-order valence-corrected chi connectivity index (χ1v) is 10.1. The van der Waals surface area contributed by atoms with Crippen LogP contribution >= 0.6 is 0 Å². The molecule has 1 aliphatic carbocycles. The molecule has 0 bridgehead atoms. The van der Waals surface area contributed by atoms with Gasteiger partial charge in [-0.3, -0.25) is 9.59 Å². The quantitative estimate of drug-likeness (QED) is 0.828. The standard InChI is InChI=1S/C21H28N6O2/c1-13-9-17(28)22-10-15(13)24-20-23-11-16-18(25-20)27(14-7-5-6-8-14)12-21(2,3)19(29)26(16)4/h9-11,14H,5-8,12H2,1-4H3,(H,22,28)(H,23,24,25). The van der Waals surface area contributed by atoms with Crippen molar-refractivity contribution in [3.63, 3.8) is 0 Å². The van der Waals surface area contributed by atoms with Crippen LogP contribution in [0.1, 0.15) is 45.1 Å². The van der Waals surface area contributed by atoms with Gasteiger partial charge in [-0.15, -0.1) is 0 Å². The smallest absolute Gasteiger partial charge is 0.248 e. The van der Waals surface area contributed by atoms with Crippen LogP contribution in [0.4, 0.5) is 23.1 Å². The van der Waals surface area contributed by atoms with Crippen molar-refractivity contribution in [2.75, 3.05) is 28.7 Å². The van der Waals surface area contributed by atoms with Gasteiger partial charge >= 0.3 is 0 Å². The van der Waals surface area contributed by atoms with Crippen LogP contribution < -0.4 is 20.7 Å². The van der Waals surface area contributed by atoms with E-state index in [1.165, 1.54) is 18.9 Å². The number of aromatic amines is 1. The third kappa shape index (κ3) is 3.59. The van der Waals surface area contributed by atoms with Gasteiger partial charge in [-0.1, -0.05) is 12.8 Å². The van der Waals surface area contributed by atoms with Gasteiger partial charge < -0.3 is 20.1 Å². The highest BCUT2D eigenvalue weighted by molar-refractivity contribution is 6.00. The summed E-state index contributed by atoms with van der Waals surface area (Å²) >= 11 is 0. The molecule has 2 N–H and O–H groups in total. The molecule has 4 rings (SSSR count). The van der Waals surface area contributed by atoms with Crippen LogP contribution in [0.2, 0.25) is 0 Å². The maximum Gasteiger partial charge on any atom is 0.248 e. The molecule has 3 heterocycles. The molecule has 0 spiro atoms. The number of aromatic nitrogens is 3. The zero-order valence-electron chi connectivity index (χ0n) is 17.5. The number of nitrogens with zero attached hydrogens (tertiary/aromatic N) is 4. The lowest BCUT2D eigenvalue weighted by Crippen LogP contribution is -2.45. The molecule has 8 heteroatoms. The maximum absolute atomic E-state index is 13.0. The first kappa shape index (κ1) is 19.4. The summed E-state index contributed by atoms with van der Waals surface area (Å²) in [5.74, 6) is 1.31. The number of pyridine rings is 1. The monoisotopic (exact) mass is 396 g/mol. The fraction of sp³-hybridized carbons (Fsp3) is 0.524. The summed E-state index contributed by atoms with van der Waals surface area (Å²) in [7, 11) is 1.80. The number of carbonyl (C=O) groups excluding carboxylic acids is 1. The van der Waals surface area contributed by atoms with Crippen molar-refractivity contribution >= 4 is 29.0 Å². The Hall–Kier alpha value is -2.90. The second-order valence-electron chi connectivity index (χ2n) is 8.74. The van der Waals surface area contributed by atoms with Crippen molar-refractivity contribution in [1.29, 1.82) is 0 Å². The van der Waals surface area contributed by atoms with Crippen LogP contribution in [0.15, 0.2) is 23.3 Å². The number of amides is 1. The lowest BCUT2D eigenvalue weighted by molar-refractivity contribution is -0.125. The van der Waals surface area contributed by atoms with Crippen molar-refractivity contribution in [1.82, 2.24) is 15.0 Å². The Labute approximate surface area is 170 Å². The lowest BCUT2D eigenvalue weighted by Gasteiger charge is -2.34. The Bertz CT molecular complexity index is 993. The molecule has 1 saturated carbocycles. The average molecular weight is 396 g/mol. The number of rotatable bonds is 3. The second-order valence-corrected chi connectivity index (χ2v) is 8.74. The highest BCUT2D eigenvalue weighted by atomic mass is 16.2. The van der Waals surface area contributed by atoms with Crippen molar-refractivity contribution in [3.8, 4) is 0 Å². The Morgan fingerprint density at radius 1 is 1.24 bits per heavy atom. The fourth-order valence-corrected chi connectivity index (χ4v) is 4.35. The topological polar surface area (TPSA) is 94.2 Å². The molecule has 1 amide bonds. The van der Waals surface area contributed by atoms with Crippen LogP contribution in [0.25, 0.3) is 0 Å². The van der Waals surface area contributed by atoms with E-state index in [0.29, 0.717) is 18.5 Å². The van der Waals surface area contributed by atoms with Gasteiger partial charge in [-0.25, -0.2) is 4.98 Å². The molecule has 0 saturated heterocycles. The van der Waals surface area contributed by atoms with E-state index < -0.39 is 5.41 Å². The van der Waals surface area contributed by atoms with Crippen LogP contribution in [0, 0.1) is 12.3 Å². The van der Waals surface area contributed by atoms with Gasteiger partial charge in [0.2, 0.25) is 17.4 Å². The highest BCUT2D eigenvalue weighted by Crippen LogP contribution is 2.40. The number of hydrogen-bond donors (Lipinski definition) is 2. The third-order valence-electron chi connectivity index (χ3n) is 5.98. The minimum absolute atomic E-state index is 0.0695. The van der Waals surface area contributed by atoms with Crippen LogP contribution in [0.3, 0.4) is 0 Å². The molecule has 154 valence electrons. The first-order valence-electron chi connectivity index (χ1n) is 10.1. The fourth-order valence-electron chi connectivity index (χ4n) is 4.35. The molecular weight excluding hydrogens is 368 g/mol. The number of hydrogen-bond acceptors (Lipinski definition) is 6. The summed E-state index contributed by atoms with van der Waals surface area (Å²) < 4.78 is 0. The van der Waals surface area contributed by atoms with Crippen molar-refractivity contribution in [2.24, 2.45) is 5.41 Å². The molecule has 0 atom stereocenters. The predicted molar refractivity (Wildman–Crippen MR) is 114 cm³/mol. The second kappa shape index (κ2) is 7.17. The molecule has 2 aromatic heterocycles. The van der Waals surface area contributed by atoms with Crippen molar-refractivity contribution in [2.45, 2.75) is 52.5 Å². The Morgan fingerprint density at radius 2 is 1.97 bits per heavy atom. The zero-order valence-corrected chi connectivity index (χ0v) is 17.5. The van der Waals surface area contributed by atoms with Gasteiger partial charge in [0, 0.05) is 31.9 Å². The van der Waals surface area contributed by atoms with E-state index in [0.717, 1.165) is 35.6 Å². The summed E-state index contributed by atoms with van der Waals surface area (Å²) in [5, 5.41) is 3.21. The number of aryl methyl sites for hydroxylation is 1. The summed E-state index contributed by atoms with van der Waals surface area (Å²) in [4.78, 5) is 40.5. The molecule has 8 nitrogen and oxygen atoms in total. The maximum atomic E-state index is 13.0. The largest absolute Gasteiger partial charge is 0.351 e. The summed E-state index contributed by atoms with van der Waals surface area (Å²) in [6.45, 7) is 6.48. The molecular formula is C21H28N6O2. The Morgan fingerprint density at radius 3 is 2.66 bits per heavy atom. The van der Waals surface area contributed by atoms with E-state index in [9.17, 15) is 9.59 Å². The van der Waals surface area contributed by atoms with Gasteiger partial charge in [-0.05, 0) is 39.2 Å². The minimum atomic E-state index is -0.513. The number of anilines is 4. The number of nitrogens with one attached hydrogen (secondary N) is 2. The SMILES string of the molecule is Cc1cc(=O)[nH]cc1Nc1ncc2c(n1)N(C1CCCC1)CC(C)(C)C(=O)N2C. The molecule has 2 aliphatic rings. The van der Waals surface area contributed by atoms with E-state index in [4.69, 9.17) is 4.98 Å². The van der Waals surface area contributed by atoms with Gasteiger partial charge in [-0.2, -0.15) is 4.98 Å². The number of carbonyl (C=O) groups is 1. The van der Waals surface area contributed by atoms with E-state index in [2.05, 4.69) is 20.2 Å². The third-order valence-corrected chi connectivity index (χ3v) is 5.98. The number of fused-ring (bicyclic) bond motifs is 1. The van der Waals surface area contributed by atoms with E-state index in [1.807, 2.05) is 20.8 Å². The average Bonchev–Trinajstić information content (AvgIpc) is 3.19. The van der Waals surface area contributed by atoms with E-state index >= 15 is 0 Å². The first-order chi connectivity index (χ1) is 13.8. The molecule has 0 aromatic carbocycles.